The Bertz CT molecular complexity index is 1040. The van der Waals surface area contributed by atoms with Crippen LogP contribution < -0.4 is 5.32 Å². The first-order chi connectivity index (χ1) is 14.5. The van der Waals surface area contributed by atoms with Crippen LogP contribution in [0.25, 0.3) is 11.3 Å². The molecule has 1 amide bonds. The van der Waals surface area contributed by atoms with Gasteiger partial charge in [0.15, 0.2) is 5.13 Å². The zero-order chi connectivity index (χ0) is 21.1. The van der Waals surface area contributed by atoms with Crippen LogP contribution in [0.4, 0.5) is 5.13 Å². The van der Waals surface area contributed by atoms with E-state index in [9.17, 15) is 4.79 Å². The second-order valence-corrected chi connectivity index (χ2v) is 8.69. The lowest BCUT2D eigenvalue weighted by Gasteiger charge is -2.26. The van der Waals surface area contributed by atoms with Gasteiger partial charge in [-0.05, 0) is 61.2 Å². The highest BCUT2D eigenvalue weighted by atomic mass is 32.1. The van der Waals surface area contributed by atoms with Crippen LogP contribution in [0.3, 0.4) is 0 Å². The van der Waals surface area contributed by atoms with Gasteiger partial charge in [-0.1, -0.05) is 18.2 Å². The Morgan fingerprint density at radius 2 is 1.77 bits per heavy atom. The van der Waals surface area contributed by atoms with Gasteiger partial charge in [-0.3, -0.25) is 15.0 Å². The number of benzene rings is 2. The van der Waals surface area contributed by atoms with Crippen LogP contribution in [-0.4, -0.2) is 42.1 Å². The van der Waals surface area contributed by atoms with E-state index in [0.29, 0.717) is 10.7 Å². The highest BCUT2D eigenvalue weighted by Gasteiger charge is 2.14. The maximum atomic E-state index is 12.7. The molecule has 0 bridgehead atoms. The van der Waals surface area contributed by atoms with E-state index < -0.39 is 0 Å². The number of amides is 1. The van der Waals surface area contributed by atoms with Gasteiger partial charge >= 0.3 is 0 Å². The van der Waals surface area contributed by atoms with Crippen molar-refractivity contribution in [2.24, 2.45) is 0 Å². The standard InChI is InChI=1S/C24H27N3O2S/c1-16-12-18(3)21(13-17(16)2)22-15-30-24(25-22)26-23(28)20-6-4-19(5-7-20)14-27-8-10-29-11-9-27/h4-7,12-13,15H,8-11,14H2,1-3H3,(H,25,26,28). The molecular weight excluding hydrogens is 394 g/mol. The van der Waals surface area contributed by atoms with E-state index in [-0.39, 0.29) is 5.91 Å². The summed E-state index contributed by atoms with van der Waals surface area (Å²) in [5.74, 6) is -0.134. The van der Waals surface area contributed by atoms with Crippen molar-refractivity contribution in [3.63, 3.8) is 0 Å². The molecule has 30 heavy (non-hydrogen) atoms. The number of anilines is 1. The van der Waals surface area contributed by atoms with Crippen LogP contribution in [0.1, 0.15) is 32.6 Å². The molecule has 6 heteroatoms. The molecule has 4 rings (SSSR count). The summed E-state index contributed by atoms with van der Waals surface area (Å²) >= 11 is 1.45. The van der Waals surface area contributed by atoms with Gasteiger partial charge < -0.3 is 4.74 Å². The van der Waals surface area contributed by atoms with Gasteiger partial charge in [0.2, 0.25) is 0 Å². The maximum Gasteiger partial charge on any atom is 0.257 e. The zero-order valence-electron chi connectivity index (χ0n) is 17.7. The van der Waals surface area contributed by atoms with E-state index in [2.05, 4.69) is 48.1 Å². The molecule has 0 radical (unpaired) electrons. The highest BCUT2D eigenvalue weighted by molar-refractivity contribution is 7.14. The second-order valence-electron chi connectivity index (χ2n) is 7.83. The fourth-order valence-corrected chi connectivity index (χ4v) is 4.35. The molecule has 2 aromatic carbocycles. The van der Waals surface area contributed by atoms with E-state index in [1.54, 1.807) is 0 Å². The summed E-state index contributed by atoms with van der Waals surface area (Å²) in [6.45, 7) is 10.7. The number of morpholine rings is 1. The number of aryl methyl sites for hydroxylation is 3. The lowest BCUT2D eigenvalue weighted by atomic mass is 9.99. The number of hydrogen-bond acceptors (Lipinski definition) is 5. The van der Waals surface area contributed by atoms with Gasteiger partial charge in [0.1, 0.15) is 0 Å². The van der Waals surface area contributed by atoms with Crippen molar-refractivity contribution in [2.75, 3.05) is 31.6 Å². The Morgan fingerprint density at radius 1 is 1.07 bits per heavy atom. The Balaban J connectivity index is 1.41. The van der Waals surface area contributed by atoms with Crippen molar-refractivity contribution in [3.8, 4) is 11.3 Å². The Kier molecular flexibility index (Phi) is 6.27. The predicted molar refractivity (Wildman–Crippen MR) is 122 cm³/mol. The summed E-state index contributed by atoms with van der Waals surface area (Å²) in [6, 6.07) is 12.2. The average molecular weight is 422 g/mol. The number of hydrogen-bond donors (Lipinski definition) is 1. The first-order valence-electron chi connectivity index (χ1n) is 10.2. The molecular formula is C24H27N3O2S. The molecule has 1 aliphatic rings. The Hall–Kier alpha value is -2.54. The molecule has 2 heterocycles. The smallest absolute Gasteiger partial charge is 0.257 e. The lowest BCUT2D eigenvalue weighted by Crippen LogP contribution is -2.35. The predicted octanol–water partition coefficient (Wildman–Crippen LogP) is 4.82. The highest BCUT2D eigenvalue weighted by Crippen LogP contribution is 2.29. The summed E-state index contributed by atoms with van der Waals surface area (Å²) < 4.78 is 5.39. The van der Waals surface area contributed by atoms with E-state index in [0.717, 1.165) is 44.1 Å². The molecule has 0 unspecified atom stereocenters. The third-order valence-electron chi connectivity index (χ3n) is 5.57. The largest absolute Gasteiger partial charge is 0.379 e. The minimum atomic E-state index is -0.134. The SMILES string of the molecule is Cc1cc(C)c(-c2csc(NC(=O)c3ccc(CN4CCOCC4)cc3)n2)cc1C. The maximum absolute atomic E-state index is 12.7. The number of aromatic nitrogens is 1. The van der Waals surface area contributed by atoms with E-state index in [4.69, 9.17) is 4.74 Å². The van der Waals surface area contributed by atoms with Gasteiger partial charge in [0.25, 0.3) is 5.91 Å². The molecule has 5 nitrogen and oxygen atoms in total. The van der Waals surface area contributed by atoms with Gasteiger partial charge in [-0.25, -0.2) is 4.98 Å². The van der Waals surface area contributed by atoms with Crippen LogP contribution in [0.5, 0.6) is 0 Å². The monoisotopic (exact) mass is 421 g/mol. The number of carbonyl (C=O) groups is 1. The average Bonchev–Trinajstić information content (AvgIpc) is 3.20. The summed E-state index contributed by atoms with van der Waals surface area (Å²) in [5, 5.41) is 5.55. The van der Waals surface area contributed by atoms with Gasteiger partial charge in [0, 0.05) is 36.1 Å². The number of nitrogens with one attached hydrogen (secondary N) is 1. The summed E-state index contributed by atoms with van der Waals surface area (Å²) in [4.78, 5) is 19.7. The minimum absolute atomic E-state index is 0.134. The fourth-order valence-electron chi connectivity index (χ4n) is 3.64. The number of nitrogens with zero attached hydrogens (tertiary/aromatic N) is 2. The first kappa shape index (κ1) is 20.7. The molecule has 0 aliphatic carbocycles. The molecule has 1 aliphatic heterocycles. The molecule has 1 saturated heterocycles. The molecule has 3 aromatic rings. The first-order valence-corrected chi connectivity index (χ1v) is 11.1. The Labute approximate surface area is 181 Å². The van der Waals surface area contributed by atoms with Crippen LogP contribution in [0.15, 0.2) is 41.8 Å². The van der Waals surface area contributed by atoms with Crippen LogP contribution in [-0.2, 0) is 11.3 Å². The molecule has 1 aromatic heterocycles. The normalized spacial score (nSPS) is 14.6. The zero-order valence-corrected chi connectivity index (χ0v) is 18.5. The minimum Gasteiger partial charge on any atom is -0.379 e. The number of ether oxygens (including phenoxy) is 1. The molecule has 0 atom stereocenters. The number of thiazole rings is 1. The quantitative estimate of drug-likeness (QED) is 0.642. The van der Waals surface area contributed by atoms with Crippen molar-refractivity contribution in [3.05, 3.63) is 69.6 Å². The Morgan fingerprint density at radius 3 is 2.50 bits per heavy atom. The van der Waals surface area contributed by atoms with Gasteiger partial charge in [0.05, 0.1) is 18.9 Å². The van der Waals surface area contributed by atoms with Gasteiger partial charge in [-0.2, -0.15) is 0 Å². The van der Waals surface area contributed by atoms with Crippen molar-refractivity contribution >= 4 is 22.4 Å². The summed E-state index contributed by atoms with van der Waals surface area (Å²) in [5.41, 5.74) is 7.56. The topological polar surface area (TPSA) is 54.5 Å². The molecule has 0 spiro atoms. The third-order valence-corrected chi connectivity index (χ3v) is 6.33. The van der Waals surface area contributed by atoms with Gasteiger partial charge in [-0.15, -0.1) is 11.3 Å². The summed E-state index contributed by atoms with van der Waals surface area (Å²) in [6.07, 6.45) is 0. The van der Waals surface area contributed by atoms with Crippen molar-refractivity contribution in [2.45, 2.75) is 27.3 Å². The molecule has 1 N–H and O–H groups in total. The second kappa shape index (κ2) is 9.08. The number of carbonyl (C=O) groups excluding carboxylic acids is 1. The van der Waals surface area contributed by atoms with E-state index in [1.165, 1.54) is 33.6 Å². The molecule has 156 valence electrons. The lowest BCUT2D eigenvalue weighted by molar-refractivity contribution is 0.0342. The van der Waals surface area contributed by atoms with E-state index >= 15 is 0 Å². The van der Waals surface area contributed by atoms with Crippen LogP contribution in [0.2, 0.25) is 0 Å². The fraction of sp³-hybridized carbons (Fsp3) is 0.333. The van der Waals surface area contributed by atoms with Crippen molar-refractivity contribution in [1.29, 1.82) is 0 Å². The van der Waals surface area contributed by atoms with Crippen molar-refractivity contribution in [1.82, 2.24) is 9.88 Å². The van der Waals surface area contributed by atoms with E-state index in [1.807, 2.05) is 29.6 Å². The summed E-state index contributed by atoms with van der Waals surface area (Å²) in [7, 11) is 0. The van der Waals surface area contributed by atoms with Crippen LogP contribution >= 0.6 is 11.3 Å². The van der Waals surface area contributed by atoms with Crippen LogP contribution in [0, 0.1) is 20.8 Å². The third kappa shape index (κ3) is 4.78. The van der Waals surface area contributed by atoms with Crippen molar-refractivity contribution < 1.29 is 9.53 Å². The number of rotatable bonds is 5. The molecule has 0 saturated carbocycles. The molecule has 1 fully saturated rings.